The van der Waals surface area contributed by atoms with Crippen LogP contribution in [0.1, 0.15) is 36.5 Å². The van der Waals surface area contributed by atoms with Gasteiger partial charge in [0, 0.05) is 11.0 Å². The van der Waals surface area contributed by atoms with Crippen molar-refractivity contribution in [1.82, 2.24) is 5.32 Å². The summed E-state index contributed by atoms with van der Waals surface area (Å²) in [6.07, 6.45) is 3.40. The highest BCUT2D eigenvalue weighted by atomic mass is 79.9. The van der Waals surface area contributed by atoms with Gasteiger partial charge in [0.05, 0.1) is 10.5 Å². The minimum Gasteiger partial charge on any atom is -0.351 e. The summed E-state index contributed by atoms with van der Waals surface area (Å²) in [7, 11) is -3.81. The fourth-order valence-electron chi connectivity index (χ4n) is 2.20. The molecular weight excluding hydrogens is 344 g/mol. The minimum atomic E-state index is -3.81. The molecule has 0 aromatic heterocycles. The Morgan fingerprint density at radius 2 is 2.10 bits per heavy atom. The van der Waals surface area contributed by atoms with Crippen LogP contribution in [0.15, 0.2) is 27.6 Å². The van der Waals surface area contributed by atoms with Crippen LogP contribution in [-0.2, 0) is 10.0 Å². The Morgan fingerprint density at radius 1 is 1.45 bits per heavy atom. The summed E-state index contributed by atoms with van der Waals surface area (Å²) in [5.41, 5.74) is 0.444. The summed E-state index contributed by atoms with van der Waals surface area (Å²) in [6.45, 7) is 2.73. The van der Waals surface area contributed by atoms with Crippen LogP contribution in [0.25, 0.3) is 0 Å². The van der Waals surface area contributed by atoms with Crippen LogP contribution < -0.4 is 10.5 Å². The van der Waals surface area contributed by atoms with Crippen LogP contribution >= 0.6 is 15.9 Å². The van der Waals surface area contributed by atoms with Crippen LogP contribution in [0, 0.1) is 5.41 Å². The molecule has 5 nitrogen and oxygen atoms in total. The highest BCUT2D eigenvalue weighted by Crippen LogP contribution is 2.39. The molecule has 0 radical (unpaired) electrons. The Hall–Kier alpha value is -0.920. The molecule has 20 heavy (non-hydrogen) atoms. The highest BCUT2D eigenvalue weighted by molar-refractivity contribution is 9.10. The van der Waals surface area contributed by atoms with Crippen molar-refractivity contribution in [1.29, 1.82) is 0 Å². The van der Waals surface area contributed by atoms with E-state index in [9.17, 15) is 13.2 Å². The first-order valence-corrected chi connectivity index (χ1v) is 8.66. The minimum absolute atomic E-state index is 0.0688. The highest BCUT2D eigenvalue weighted by Gasteiger charge is 2.32. The third kappa shape index (κ3) is 3.39. The Kier molecular flexibility index (Phi) is 4.22. The van der Waals surface area contributed by atoms with Crippen LogP contribution in [0.4, 0.5) is 0 Å². The van der Waals surface area contributed by atoms with Gasteiger partial charge in [-0.25, -0.2) is 13.6 Å². The van der Waals surface area contributed by atoms with Crippen LogP contribution in [-0.4, -0.2) is 20.9 Å². The Morgan fingerprint density at radius 3 is 2.60 bits per heavy atom. The lowest BCUT2D eigenvalue weighted by Gasteiger charge is -2.38. The lowest BCUT2D eigenvalue weighted by Crippen LogP contribution is -2.40. The molecule has 0 spiro atoms. The molecule has 7 heteroatoms. The van der Waals surface area contributed by atoms with Crippen molar-refractivity contribution < 1.29 is 13.2 Å². The van der Waals surface area contributed by atoms with Gasteiger partial charge in [0.1, 0.15) is 0 Å². The van der Waals surface area contributed by atoms with Gasteiger partial charge in [0.2, 0.25) is 10.0 Å². The maximum atomic E-state index is 12.2. The fourth-order valence-corrected chi connectivity index (χ4v) is 3.17. The smallest absolute Gasteiger partial charge is 0.252 e. The third-order valence-corrected chi connectivity index (χ3v) is 5.35. The first-order valence-electron chi connectivity index (χ1n) is 6.32. The van der Waals surface area contributed by atoms with Crippen LogP contribution in [0.2, 0.25) is 0 Å². The zero-order valence-electron chi connectivity index (χ0n) is 11.1. The number of sulfonamides is 1. The van der Waals surface area contributed by atoms with Gasteiger partial charge in [-0.1, -0.05) is 13.3 Å². The molecule has 1 aromatic carbocycles. The molecule has 1 fully saturated rings. The molecule has 0 saturated heterocycles. The lowest BCUT2D eigenvalue weighted by molar-refractivity contribution is 0.0890. The number of primary sulfonamides is 1. The molecule has 110 valence electrons. The van der Waals surface area contributed by atoms with E-state index >= 15 is 0 Å². The maximum absolute atomic E-state index is 12.2. The molecule has 1 amide bonds. The number of halogens is 1. The predicted molar refractivity (Wildman–Crippen MR) is 79.8 cm³/mol. The molecule has 1 aliphatic rings. The average molecular weight is 361 g/mol. The van der Waals surface area contributed by atoms with Crippen molar-refractivity contribution in [2.45, 2.75) is 31.1 Å². The lowest BCUT2D eigenvalue weighted by atomic mass is 9.70. The van der Waals surface area contributed by atoms with Gasteiger partial charge in [-0.05, 0) is 52.4 Å². The van der Waals surface area contributed by atoms with Gasteiger partial charge in [0.25, 0.3) is 5.91 Å². The number of rotatable bonds is 4. The molecule has 2 rings (SSSR count). The molecule has 1 aromatic rings. The molecule has 3 N–H and O–H groups in total. The summed E-state index contributed by atoms with van der Waals surface area (Å²) in [6, 6.07) is 4.17. The molecule has 0 unspecified atom stereocenters. The van der Waals surface area contributed by atoms with Crippen LogP contribution in [0.3, 0.4) is 0 Å². The topological polar surface area (TPSA) is 89.3 Å². The average Bonchev–Trinajstić information content (AvgIpc) is 2.32. The fraction of sp³-hybridized carbons (Fsp3) is 0.462. The summed E-state index contributed by atoms with van der Waals surface area (Å²) >= 11 is 3.25. The van der Waals surface area contributed by atoms with E-state index in [4.69, 9.17) is 5.14 Å². The second-order valence-corrected chi connectivity index (χ2v) is 7.95. The van der Waals surface area contributed by atoms with Gasteiger partial charge in [-0.15, -0.1) is 0 Å². The zero-order chi connectivity index (χ0) is 15.0. The van der Waals surface area contributed by atoms with E-state index in [0.29, 0.717) is 11.0 Å². The SMILES string of the molecule is CC1(CNC(=O)c2cc(S(N)(=O)=O)ccc2Br)CCC1. The summed E-state index contributed by atoms with van der Waals surface area (Å²) in [5.74, 6) is -0.296. The van der Waals surface area contributed by atoms with Crippen molar-refractivity contribution in [2.24, 2.45) is 10.6 Å². The van der Waals surface area contributed by atoms with Crippen molar-refractivity contribution in [2.75, 3.05) is 6.54 Å². The van der Waals surface area contributed by atoms with Gasteiger partial charge in [0.15, 0.2) is 0 Å². The standard InChI is InChI=1S/C13H17BrN2O3S/c1-13(5-2-6-13)8-16-12(17)10-7-9(20(15,18)19)3-4-11(10)14/h3-4,7H,2,5-6,8H2,1H3,(H,16,17)(H2,15,18,19). The Balaban J connectivity index is 2.16. The molecule has 1 aliphatic carbocycles. The van der Waals surface area contributed by atoms with Crippen LogP contribution in [0.5, 0.6) is 0 Å². The number of carbonyl (C=O) groups excluding carboxylic acids is 1. The molecule has 0 bridgehead atoms. The summed E-state index contributed by atoms with van der Waals surface area (Å²) in [5, 5.41) is 7.93. The van der Waals surface area contributed by atoms with E-state index in [1.807, 2.05) is 0 Å². The Bertz CT molecular complexity index is 639. The number of hydrogen-bond donors (Lipinski definition) is 2. The van der Waals surface area contributed by atoms with Crippen molar-refractivity contribution in [3.8, 4) is 0 Å². The maximum Gasteiger partial charge on any atom is 0.252 e. The van der Waals surface area contributed by atoms with Gasteiger partial charge >= 0.3 is 0 Å². The normalized spacial score (nSPS) is 17.4. The monoisotopic (exact) mass is 360 g/mol. The third-order valence-electron chi connectivity index (χ3n) is 3.75. The van der Waals surface area contributed by atoms with E-state index in [2.05, 4.69) is 28.2 Å². The van der Waals surface area contributed by atoms with Crippen molar-refractivity contribution in [3.63, 3.8) is 0 Å². The summed E-state index contributed by atoms with van der Waals surface area (Å²) in [4.78, 5) is 12.1. The molecule has 0 aliphatic heterocycles. The van der Waals surface area contributed by atoms with E-state index in [1.165, 1.54) is 24.6 Å². The largest absolute Gasteiger partial charge is 0.351 e. The van der Waals surface area contributed by atoms with Gasteiger partial charge < -0.3 is 5.32 Å². The second kappa shape index (κ2) is 5.46. The van der Waals surface area contributed by atoms with E-state index in [0.717, 1.165) is 12.8 Å². The number of carbonyl (C=O) groups is 1. The van der Waals surface area contributed by atoms with Gasteiger partial charge in [-0.2, -0.15) is 0 Å². The molecule has 0 atom stereocenters. The number of hydrogen-bond acceptors (Lipinski definition) is 3. The Labute approximate surface area is 127 Å². The number of amides is 1. The van der Waals surface area contributed by atoms with E-state index in [1.54, 1.807) is 0 Å². The molecule has 0 heterocycles. The van der Waals surface area contributed by atoms with Crippen molar-refractivity contribution in [3.05, 3.63) is 28.2 Å². The predicted octanol–water partition coefficient (Wildman–Crippen LogP) is 2.02. The number of nitrogens with one attached hydrogen (secondary N) is 1. The first kappa shape index (κ1) is 15.5. The first-order chi connectivity index (χ1) is 9.21. The van der Waals surface area contributed by atoms with Crippen molar-refractivity contribution >= 4 is 31.9 Å². The zero-order valence-corrected chi connectivity index (χ0v) is 13.6. The number of benzene rings is 1. The van der Waals surface area contributed by atoms with E-state index in [-0.39, 0.29) is 21.8 Å². The van der Waals surface area contributed by atoms with E-state index < -0.39 is 10.0 Å². The molecular formula is C13H17BrN2O3S. The quantitative estimate of drug-likeness (QED) is 0.860. The van der Waals surface area contributed by atoms with Gasteiger partial charge in [-0.3, -0.25) is 4.79 Å². The summed E-state index contributed by atoms with van der Waals surface area (Å²) < 4.78 is 23.2. The number of nitrogens with two attached hydrogens (primary N) is 1. The molecule has 1 saturated carbocycles. The second-order valence-electron chi connectivity index (χ2n) is 5.53.